The summed E-state index contributed by atoms with van der Waals surface area (Å²) in [5.41, 5.74) is 3.09. The van der Waals surface area contributed by atoms with E-state index in [1.807, 2.05) is 69.3 Å². The van der Waals surface area contributed by atoms with Crippen molar-refractivity contribution >= 4 is 33.5 Å². The Kier molecular flexibility index (Phi) is 9.90. The van der Waals surface area contributed by atoms with E-state index in [1.54, 1.807) is 6.07 Å². The first-order valence-electron chi connectivity index (χ1n) is 12.9. The fourth-order valence-electron chi connectivity index (χ4n) is 4.14. The van der Waals surface area contributed by atoms with Gasteiger partial charge >= 0.3 is 0 Å². The van der Waals surface area contributed by atoms with Crippen LogP contribution in [0.4, 0.5) is 15.8 Å². The summed E-state index contributed by atoms with van der Waals surface area (Å²) in [7, 11) is 3.28. The lowest BCUT2D eigenvalue weighted by molar-refractivity contribution is -0.0407. The van der Waals surface area contributed by atoms with E-state index in [0.29, 0.717) is 23.6 Å². The first kappa shape index (κ1) is 30.0. The SMILES string of the molecule is CC(C)Oc1ccc(Nc2ccc(OC(C)CC(C)(O[Si])C(C)(C)C)cc2Cc2ccc(Cl)cc2)cc1F. The molecule has 0 fully saturated rings. The third-order valence-electron chi connectivity index (χ3n) is 6.78. The molecule has 0 aliphatic carbocycles. The number of halogens is 2. The highest BCUT2D eigenvalue weighted by Crippen LogP contribution is 2.38. The Morgan fingerprint density at radius 1 is 0.921 bits per heavy atom. The molecule has 2 atom stereocenters. The number of anilines is 2. The summed E-state index contributed by atoms with van der Waals surface area (Å²) in [6.07, 6.45) is 1.13. The summed E-state index contributed by atoms with van der Waals surface area (Å²) in [4.78, 5) is 0. The van der Waals surface area contributed by atoms with Gasteiger partial charge in [0.1, 0.15) is 5.75 Å². The molecule has 2 unspecified atom stereocenters. The lowest BCUT2D eigenvalue weighted by atomic mass is 9.75. The van der Waals surface area contributed by atoms with Crippen molar-refractivity contribution in [2.75, 3.05) is 5.32 Å². The molecule has 0 aromatic heterocycles. The summed E-state index contributed by atoms with van der Waals surface area (Å²) in [5, 5.41) is 4.06. The average molecular weight is 555 g/mol. The number of rotatable bonds is 11. The van der Waals surface area contributed by atoms with Crippen molar-refractivity contribution in [3.63, 3.8) is 0 Å². The predicted molar refractivity (Wildman–Crippen MR) is 156 cm³/mol. The molecule has 0 aliphatic heterocycles. The average Bonchev–Trinajstić information content (AvgIpc) is 2.82. The maximum absolute atomic E-state index is 14.6. The minimum atomic E-state index is -0.424. The van der Waals surface area contributed by atoms with E-state index in [-0.39, 0.29) is 23.4 Å². The molecule has 203 valence electrons. The van der Waals surface area contributed by atoms with E-state index in [4.69, 9.17) is 25.5 Å². The van der Waals surface area contributed by atoms with Crippen LogP contribution in [0, 0.1) is 11.2 Å². The van der Waals surface area contributed by atoms with Crippen molar-refractivity contribution in [1.82, 2.24) is 0 Å². The van der Waals surface area contributed by atoms with Gasteiger partial charge in [-0.3, -0.25) is 0 Å². The molecule has 0 amide bonds. The van der Waals surface area contributed by atoms with Gasteiger partial charge < -0.3 is 19.2 Å². The Morgan fingerprint density at radius 2 is 1.61 bits per heavy atom. The molecular weight excluding hydrogens is 517 g/mol. The van der Waals surface area contributed by atoms with Crippen molar-refractivity contribution in [2.45, 2.75) is 79.1 Å². The molecule has 0 bridgehead atoms. The van der Waals surface area contributed by atoms with Gasteiger partial charge in [0.2, 0.25) is 10.5 Å². The minimum absolute atomic E-state index is 0.0923. The smallest absolute Gasteiger partial charge is 0.247 e. The fourth-order valence-corrected chi connectivity index (χ4v) is 4.66. The maximum Gasteiger partial charge on any atom is 0.247 e. The molecule has 4 nitrogen and oxygen atoms in total. The fraction of sp³-hybridized carbons (Fsp3) is 0.419. The van der Waals surface area contributed by atoms with Gasteiger partial charge in [0.15, 0.2) is 11.6 Å². The lowest BCUT2D eigenvalue weighted by Gasteiger charge is -2.42. The van der Waals surface area contributed by atoms with Gasteiger partial charge in [-0.15, -0.1) is 0 Å². The Labute approximate surface area is 235 Å². The Balaban J connectivity index is 1.87. The zero-order valence-corrected chi connectivity index (χ0v) is 25.1. The Bertz CT molecular complexity index is 1210. The van der Waals surface area contributed by atoms with E-state index in [1.165, 1.54) is 6.07 Å². The largest absolute Gasteiger partial charge is 0.491 e. The topological polar surface area (TPSA) is 39.7 Å². The second-order valence-corrected chi connectivity index (χ2v) is 11.9. The van der Waals surface area contributed by atoms with Crippen molar-refractivity contribution < 1.29 is 18.3 Å². The lowest BCUT2D eigenvalue weighted by Crippen LogP contribution is -2.45. The Hall–Kier alpha value is -2.54. The summed E-state index contributed by atoms with van der Waals surface area (Å²) in [5.74, 6) is 0.579. The molecule has 0 aliphatic rings. The van der Waals surface area contributed by atoms with Crippen LogP contribution in [0.1, 0.15) is 66.0 Å². The highest BCUT2D eigenvalue weighted by atomic mass is 35.5. The van der Waals surface area contributed by atoms with Crippen LogP contribution in [0.5, 0.6) is 11.5 Å². The van der Waals surface area contributed by atoms with Gasteiger partial charge in [0.25, 0.3) is 0 Å². The molecule has 7 heteroatoms. The second-order valence-electron chi connectivity index (χ2n) is 11.3. The van der Waals surface area contributed by atoms with Crippen LogP contribution < -0.4 is 14.8 Å². The van der Waals surface area contributed by atoms with E-state index in [9.17, 15) is 4.39 Å². The zero-order valence-electron chi connectivity index (χ0n) is 23.3. The van der Waals surface area contributed by atoms with Crippen molar-refractivity contribution in [3.05, 3.63) is 82.6 Å². The molecule has 3 aromatic rings. The van der Waals surface area contributed by atoms with Crippen LogP contribution >= 0.6 is 11.6 Å². The standard InChI is InChI=1S/C31H38ClFNO3Si/c1-20(2)35-29-15-12-25(18-27(29)33)34-28-14-13-26(17-23(28)16-22-8-10-24(32)11-9-22)36-21(3)19-31(7,37-38)30(4,5)6/h8-15,17-18,20-21,34H,16,19H2,1-7H3. The number of hydrogen-bond acceptors (Lipinski definition) is 4. The molecule has 0 saturated heterocycles. The molecular formula is C31H38ClFNO3Si. The monoisotopic (exact) mass is 554 g/mol. The van der Waals surface area contributed by atoms with Gasteiger partial charge in [-0.05, 0) is 93.1 Å². The maximum atomic E-state index is 14.6. The molecule has 0 heterocycles. The van der Waals surface area contributed by atoms with Gasteiger partial charge in [-0.2, -0.15) is 0 Å². The number of nitrogens with one attached hydrogen (secondary N) is 1. The van der Waals surface area contributed by atoms with E-state index >= 15 is 0 Å². The van der Waals surface area contributed by atoms with E-state index in [0.717, 1.165) is 22.6 Å². The van der Waals surface area contributed by atoms with Gasteiger partial charge in [-0.1, -0.05) is 44.5 Å². The number of benzene rings is 3. The first-order valence-corrected chi connectivity index (χ1v) is 13.7. The van der Waals surface area contributed by atoms with Crippen LogP contribution in [0.25, 0.3) is 0 Å². The third-order valence-corrected chi connectivity index (χ3v) is 7.49. The van der Waals surface area contributed by atoms with E-state index in [2.05, 4.69) is 43.5 Å². The minimum Gasteiger partial charge on any atom is -0.491 e. The normalized spacial score (nSPS) is 14.2. The summed E-state index contributed by atoms with van der Waals surface area (Å²) < 4.78 is 32.2. The zero-order chi connectivity index (χ0) is 28.1. The molecule has 3 rings (SSSR count). The van der Waals surface area contributed by atoms with Crippen LogP contribution in [-0.2, 0) is 10.8 Å². The molecule has 0 saturated carbocycles. The van der Waals surface area contributed by atoms with Crippen LogP contribution in [0.2, 0.25) is 5.02 Å². The Morgan fingerprint density at radius 3 is 2.18 bits per heavy atom. The predicted octanol–water partition coefficient (Wildman–Crippen LogP) is 8.66. The van der Waals surface area contributed by atoms with Crippen LogP contribution in [-0.4, -0.2) is 28.3 Å². The van der Waals surface area contributed by atoms with Crippen molar-refractivity contribution in [2.24, 2.45) is 5.41 Å². The molecule has 1 N–H and O–H groups in total. The number of ether oxygens (including phenoxy) is 2. The quantitative estimate of drug-likeness (QED) is 0.241. The molecule has 38 heavy (non-hydrogen) atoms. The van der Waals surface area contributed by atoms with Gasteiger partial charge in [-0.25, -0.2) is 4.39 Å². The highest BCUT2D eigenvalue weighted by Gasteiger charge is 2.38. The van der Waals surface area contributed by atoms with Crippen LogP contribution in [0.3, 0.4) is 0 Å². The number of hydrogen-bond donors (Lipinski definition) is 1. The first-order chi connectivity index (χ1) is 17.8. The van der Waals surface area contributed by atoms with Crippen LogP contribution in [0.15, 0.2) is 60.7 Å². The van der Waals surface area contributed by atoms with E-state index < -0.39 is 11.4 Å². The second kappa shape index (κ2) is 12.5. The highest BCUT2D eigenvalue weighted by molar-refractivity contribution is 6.30. The molecule has 3 aromatic carbocycles. The summed E-state index contributed by atoms with van der Waals surface area (Å²) in [6.45, 7) is 14.3. The summed E-state index contributed by atoms with van der Waals surface area (Å²) >= 11 is 6.10. The molecule has 3 radical (unpaired) electrons. The summed E-state index contributed by atoms with van der Waals surface area (Å²) in [6, 6.07) is 18.6. The van der Waals surface area contributed by atoms with Crippen molar-refractivity contribution in [3.8, 4) is 11.5 Å². The van der Waals surface area contributed by atoms with Crippen molar-refractivity contribution in [1.29, 1.82) is 0 Å². The molecule has 0 spiro atoms. The van der Waals surface area contributed by atoms with Gasteiger partial charge in [0.05, 0.1) is 17.8 Å². The van der Waals surface area contributed by atoms with Gasteiger partial charge in [0, 0.05) is 28.9 Å². The third kappa shape index (κ3) is 7.98.